The molecule has 3 aromatic rings. The highest BCUT2D eigenvalue weighted by atomic mass is 16.2. The number of aromatic nitrogens is 4. The van der Waals surface area contributed by atoms with E-state index in [1.54, 1.807) is 24.7 Å². The second kappa shape index (κ2) is 7.12. The molecule has 0 atom stereocenters. The molecule has 0 saturated heterocycles. The maximum Gasteiger partial charge on any atom is 0.269 e. The van der Waals surface area contributed by atoms with Crippen LogP contribution < -0.4 is 10.9 Å². The van der Waals surface area contributed by atoms with Crippen LogP contribution in [-0.4, -0.2) is 31.8 Å². The largest absolute Gasteiger partial charge is 0.349 e. The molecule has 0 radical (unpaired) electrons. The Kier molecular flexibility index (Phi) is 4.74. The Hall–Kier alpha value is -3.22. The van der Waals surface area contributed by atoms with Crippen LogP contribution in [0.1, 0.15) is 16.2 Å². The number of hydrogen-bond donors (Lipinski definition) is 1. The third kappa shape index (κ3) is 3.82. The van der Waals surface area contributed by atoms with E-state index in [-0.39, 0.29) is 11.5 Å². The van der Waals surface area contributed by atoms with Gasteiger partial charge >= 0.3 is 0 Å². The molecular weight excluding hydrogens is 318 g/mol. The Morgan fingerprint density at radius 2 is 1.96 bits per heavy atom. The fourth-order valence-corrected chi connectivity index (χ4v) is 2.49. The Morgan fingerprint density at radius 1 is 1.20 bits per heavy atom. The van der Waals surface area contributed by atoms with Gasteiger partial charge in [-0.15, -0.1) is 0 Å². The van der Waals surface area contributed by atoms with Crippen molar-refractivity contribution in [2.45, 2.75) is 13.5 Å². The standard InChI is InChI=1S/C18H19N5O2/c1-13-10-17(24)23(12-20-13)9-8-19-18(25)16-11-15(21-22(16)2)14-6-4-3-5-7-14/h3-7,10-12H,8-9H2,1-2H3,(H,19,25). The topological polar surface area (TPSA) is 81.8 Å². The molecule has 1 amide bonds. The van der Waals surface area contributed by atoms with Gasteiger partial charge in [0.1, 0.15) is 5.69 Å². The van der Waals surface area contributed by atoms with Gasteiger partial charge in [0.2, 0.25) is 0 Å². The smallest absolute Gasteiger partial charge is 0.269 e. The summed E-state index contributed by atoms with van der Waals surface area (Å²) in [6, 6.07) is 12.9. The molecule has 0 unspecified atom stereocenters. The van der Waals surface area contributed by atoms with Crippen LogP contribution in [0.2, 0.25) is 0 Å². The number of nitrogens with one attached hydrogen (secondary N) is 1. The molecule has 128 valence electrons. The van der Waals surface area contributed by atoms with Crippen molar-refractivity contribution >= 4 is 5.91 Å². The Balaban J connectivity index is 1.65. The van der Waals surface area contributed by atoms with E-state index in [0.29, 0.717) is 24.5 Å². The lowest BCUT2D eigenvalue weighted by atomic mass is 10.1. The van der Waals surface area contributed by atoms with Crippen molar-refractivity contribution in [3.63, 3.8) is 0 Å². The third-order valence-corrected chi connectivity index (χ3v) is 3.84. The lowest BCUT2D eigenvalue weighted by molar-refractivity contribution is 0.0942. The first-order valence-electron chi connectivity index (χ1n) is 7.95. The summed E-state index contributed by atoms with van der Waals surface area (Å²) < 4.78 is 3.02. The molecule has 0 saturated carbocycles. The zero-order valence-corrected chi connectivity index (χ0v) is 14.1. The summed E-state index contributed by atoms with van der Waals surface area (Å²) in [5.41, 5.74) is 2.71. The van der Waals surface area contributed by atoms with E-state index in [1.807, 2.05) is 30.3 Å². The average molecular weight is 337 g/mol. The maximum atomic E-state index is 12.4. The van der Waals surface area contributed by atoms with Crippen LogP contribution in [0, 0.1) is 6.92 Å². The minimum absolute atomic E-state index is 0.131. The van der Waals surface area contributed by atoms with Crippen LogP contribution in [0.5, 0.6) is 0 Å². The number of nitrogens with zero attached hydrogens (tertiary/aromatic N) is 4. The van der Waals surface area contributed by atoms with Gasteiger partial charge in [0.15, 0.2) is 0 Å². The highest BCUT2D eigenvalue weighted by molar-refractivity contribution is 5.93. The zero-order chi connectivity index (χ0) is 17.8. The number of hydrogen-bond acceptors (Lipinski definition) is 4. The molecular formula is C18H19N5O2. The Labute approximate surface area is 144 Å². The Morgan fingerprint density at radius 3 is 2.68 bits per heavy atom. The number of carbonyl (C=O) groups is 1. The van der Waals surface area contributed by atoms with Gasteiger partial charge in [0, 0.05) is 37.5 Å². The summed E-state index contributed by atoms with van der Waals surface area (Å²) in [5, 5.41) is 7.19. The average Bonchev–Trinajstić information content (AvgIpc) is 2.99. The van der Waals surface area contributed by atoms with Crippen molar-refractivity contribution in [2.75, 3.05) is 6.54 Å². The van der Waals surface area contributed by atoms with E-state index < -0.39 is 0 Å². The first kappa shape index (κ1) is 16.6. The maximum absolute atomic E-state index is 12.4. The minimum atomic E-state index is -0.231. The first-order chi connectivity index (χ1) is 12.0. The third-order valence-electron chi connectivity index (χ3n) is 3.84. The van der Waals surface area contributed by atoms with Gasteiger partial charge in [-0.05, 0) is 13.0 Å². The summed E-state index contributed by atoms with van der Waals surface area (Å²) in [4.78, 5) is 28.2. The van der Waals surface area contributed by atoms with Gasteiger partial charge in [-0.1, -0.05) is 30.3 Å². The van der Waals surface area contributed by atoms with E-state index in [2.05, 4.69) is 15.4 Å². The molecule has 3 rings (SSSR count). The molecule has 7 nitrogen and oxygen atoms in total. The van der Waals surface area contributed by atoms with Crippen molar-refractivity contribution in [1.29, 1.82) is 0 Å². The lowest BCUT2D eigenvalue weighted by Crippen LogP contribution is -2.31. The van der Waals surface area contributed by atoms with Crippen LogP contribution in [0.3, 0.4) is 0 Å². The first-order valence-corrected chi connectivity index (χ1v) is 7.95. The van der Waals surface area contributed by atoms with Crippen LogP contribution in [0.25, 0.3) is 11.3 Å². The van der Waals surface area contributed by atoms with Gasteiger partial charge in [0.25, 0.3) is 11.5 Å². The van der Waals surface area contributed by atoms with E-state index >= 15 is 0 Å². The summed E-state index contributed by atoms with van der Waals surface area (Å²) in [7, 11) is 1.73. The Bertz CT molecular complexity index is 944. The van der Waals surface area contributed by atoms with Gasteiger partial charge in [-0.2, -0.15) is 5.10 Å². The van der Waals surface area contributed by atoms with E-state index in [0.717, 1.165) is 11.3 Å². The van der Waals surface area contributed by atoms with Crippen molar-refractivity contribution in [1.82, 2.24) is 24.6 Å². The lowest BCUT2D eigenvalue weighted by Gasteiger charge is -2.07. The second-order valence-corrected chi connectivity index (χ2v) is 5.72. The molecule has 1 aromatic carbocycles. The molecule has 0 spiro atoms. The van der Waals surface area contributed by atoms with Crippen molar-refractivity contribution in [3.8, 4) is 11.3 Å². The molecule has 2 aromatic heterocycles. The van der Waals surface area contributed by atoms with Crippen molar-refractivity contribution in [2.24, 2.45) is 7.05 Å². The van der Waals surface area contributed by atoms with Gasteiger partial charge < -0.3 is 5.32 Å². The number of rotatable bonds is 5. The normalized spacial score (nSPS) is 10.6. The molecule has 0 bridgehead atoms. The number of carbonyl (C=O) groups excluding carboxylic acids is 1. The van der Waals surface area contributed by atoms with Crippen molar-refractivity contribution in [3.05, 3.63) is 70.5 Å². The second-order valence-electron chi connectivity index (χ2n) is 5.72. The molecule has 2 heterocycles. The molecule has 0 aliphatic rings. The number of aryl methyl sites for hydroxylation is 2. The molecule has 0 aliphatic heterocycles. The highest BCUT2D eigenvalue weighted by Gasteiger charge is 2.13. The van der Waals surface area contributed by atoms with Crippen LogP contribution in [-0.2, 0) is 13.6 Å². The van der Waals surface area contributed by atoms with Crippen LogP contribution >= 0.6 is 0 Å². The number of benzene rings is 1. The fraction of sp³-hybridized carbons (Fsp3) is 0.222. The number of amides is 1. The van der Waals surface area contributed by atoms with Gasteiger partial charge in [0.05, 0.1) is 12.0 Å². The molecule has 25 heavy (non-hydrogen) atoms. The summed E-state index contributed by atoms with van der Waals surface area (Å²) in [5.74, 6) is -0.231. The summed E-state index contributed by atoms with van der Waals surface area (Å²) in [6.07, 6.45) is 1.49. The predicted octanol–water partition coefficient (Wildman–Crippen LogP) is 1.38. The molecule has 0 aliphatic carbocycles. The minimum Gasteiger partial charge on any atom is -0.349 e. The quantitative estimate of drug-likeness (QED) is 0.763. The van der Waals surface area contributed by atoms with Crippen LogP contribution in [0.15, 0.2) is 53.6 Å². The van der Waals surface area contributed by atoms with E-state index in [4.69, 9.17) is 0 Å². The monoisotopic (exact) mass is 337 g/mol. The summed E-state index contributed by atoms with van der Waals surface area (Å²) >= 11 is 0. The summed E-state index contributed by atoms with van der Waals surface area (Å²) in [6.45, 7) is 2.46. The fourth-order valence-electron chi connectivity index (χ4n) is 2.49. The van der Waals surface area contributed by atoms with Crippen LogP contribution in [0.4, 0.5) is 0 Å². The molecule has 7 heteroatoms. The van der Waals surface area contributed by atoms with E-state index in [9.17, 15) is 9.59 Å². The molecule has 0 fully saturated rings. The van der Waals surface area contributed by atoms with Gasteiger partial charge in [-0.25, -0.2) is 4.98 Å². The predicted molar refractivity (Wildman–Crippen MR) is 94.2 cm³/mol. The highest BCUT2D eigenvalue weighted by Crippen LogP contribution is 2.18. The SMILES string of the molecule is Cc1cc(=O)n(CCNC(=O)c2cc(-c3ccccc3)nn2C)cn1. The molecule has 1 N–H and O–H groups in total. The zero-order valence-electron chi connectivity index (χ0n) is 14.1. The van der Waals surface area contributed by atoms with Gasteiger partial charge in [-0.3, -0.25) is 18.8 Å². The van der Waals surface area contributed by atoms with E-state index in [1.165, 1.54) is 17.0 Å². The van der Waals surface area contributed by atoms with Crippen molar-refractivity contribution < 1.29 is 4.79 Å².